The molecular weight excluding hydrogens is 382 g/mol. The molecule has 1 aromatic heterocycles. The van der Waals surface area contributed by atoms with Gasteiger partial charge in [-0.15, -0.1) is 0 Å². The van der Waals surface area contributed by atoms with Crippen molar-refractivity contribution in [3.8, 4) is 5.75 Å². The summed E-state index contributed by atoms with van der Waals surface area (Å²) in [6.45, 7) is 2.17. The van der Waals surface area contributed by atoms with Crippen LogP contribution in [0.3, 0.4) is 0 Å². The number of benzene rings is 2. The van der Waals surface area contributed by atoms with Gasteiger partial charge in [-0.3, -0.25) is 9.59 Å². The molecule has 1 aliphatic heterocycles. The van der Waals surface area contributed by atoms with Crippen LogP contribution < -0.4 is 20.3 Å². The van der Waals surface area contributed by atoms with Crippen LogP contribution in [-0.4, -0.2) is 41.5 Å². The third-order valence-corrected chi connectivity index (χ3v) is 5.13. The topological polar surface area (TPSA) is 96.5 Å². The van der Waals surface area contributed by atoms with Gasteiger partial charge in [-0.1, -0.05) is 12.1 Å². The number of anilines is 3. The fraction of sp³-hybridized carbons (Fsp3) is 0.273. The monoisotopic (exact) mass is 405 g/mol. The molecule has 8 heteroatoms. The first kappa shape index (κ1) is 19.6. The number of nitrogens with one attached hydrogen (secondary N) is 2. The number of aromatic nitrogens is 2. The molecule has 30 heavy (non-hydrogen) atoms. The van der Waals surface area contributed by atoms with Crippen molar-refractivity contribution in [2.75, 3.05) is 29.2 Å². The molecule has 1 saturated heterocycles. The van der Waals surface area contributed by atoms with Gasteiger partial charge in [-0.2, -0.15) is 0 Å². The smallest absolute Gasteiger partial charge is 0.247 e. The van der Waals surface area contributed by atoms with Crippen molar-refractivity contribution in [3.05, 3.63) is 48.8 Å². The molecule has 0 bridgehead atoms. The maximum Gasteiger partial charge on any atom is 0.247 e. The average Bonchev–Trinajstić information content (AvgIpc) is 3.23. The molecule has 2 amide bonds. The second-order valence-corrected chi connectivity index (χ2v) is 7.15. The highest BCUT2D eigenvalue weighted by Gasteiger charge is 2.33. The van der Waals surface area contributed by atoms with E-state index in [1.807, 2.05) is 29.2 Å². The van der Waals surface area contributed by atoms with Gasteiger partial charge in [0.2, 0.25) is 11.8 Å². The molecule has 1 fully saturated rings. The summed E-state index contributed by atoms with van der Waals surface area (Å²) in [5, 5.41) is 6.61. The minimum Gasteiger partial charge on any atom is -0.495 e. The molecule has 154 valence electrons. The largest absolute Gasteiger partial charge is 0.495 e. The molecule has 4 rings (SSSR count). The molecular formula is C22H23N5O3. The minimum atomic E-state index is -0.363. The number of methoxy groups -OCH3 is 1. The Morgan fingerprint density at radius 1 is 1.13 bits per heavy atom. The van der Waals surface area contributed by atoms with Gasteiger partial charge >= 0.3 is 0 Å². The van der Waals surface area contributed by atoms with Crippen molar-refractivity contribution < 1.29 is 14.3 Å². The van der Waals surface area contributed by atoms with Crippen LogP contribution in [0.1, 0.15) is 19.8 Å². The first-order chi connectivity index (χ1) is 14.6. The van der Waals surface area contributed by atoms with Gasteiger partial charge in [0.15, 0.2) is 0 Å². The Morgan fingerprint density at radius 2 is 1.97 bits per heavy atom. The van der Waals surface area contributed by atoms with Crippen molar-refractivity contribution in [1.82, 2.24) is 9.97 Å². The van der Waals surface area contributed by atoms with E-state index in [0.29, 0.717) is 17.1 Å². The van der Waals surface area contributed by atoms with E-state index in [0.717, 1.165) is 36.1 Å². The summed E-state index contributed by atoms with van der Waals surface area (Å²) < 4.78 is 5.38. The number of nitrogens with zero attached hydrogens (tertiary/aromatic N) is 3. The molecule has 3 aromatic rings. The lowest BCUT2D eigenvalue weighted by atomic mass is 10.1. The highest BCUT2D eigenvalue weighted by molar-refractivity contribution is 6.01. The van der Waals surface area contributed by atoms with Gasteiger partial charge < -0.3 is 20.3 Å². The third kappa shape index (κ3) is 3.89. The molecule has 0 unspecified atom stereocenters. The minimum absolute atomic E-state index is 0.145. The van der Waals surface area contributed by atoms with Crippen molar-refractivity contribution in [3.63, 3.8) is 0 Å². The van der Waals surface area contributed by atoms with Crippen LogP contribution in [0.25, 0.3) is 10.9 Å². The summed E-state index contributed by atoms with van der Waals surface area (Å²) in [6.07, 6.45) is 3.14. The molecule has 1 aliphatic rings. The molecule has 8 nitrogen and oxygen atoms in total. The summed E-state index contributed by atoms with van der Waals surface area (Å²) in [5.41, 5.74) is 1.94. The van der Waals surface area contributed by atoms with Crippen LogP contribution in [0, 0.1) is 0 Å². The van der Waals surface area contributed by atoms with E-state index < -0.39 is 0 Å². The normalized spacial score (nSPS) is 15.8. The van der Waals surface area contributed by atoms with Crippen LogP contribution in [0.5, 0.6) is 5.75 Å². The molecule has 1 atom stereocenters. The molecule has 2 aromatic carbocycles. The Kier molecular flexibility index (Phi) is 5.47. The van der Waals surface area contributed by atoms with Gasteiger partial charge in [0, 0.05) is 24.5 Å². The Hall–Kier alpha value is -3.68. The van der Waals surface area contributed by atoms with Crippen molar-refractivity contribution >= 4 is 39.9 Å². The second-order valence-electron chi connectivity index (χ2n) is 7.15. The first-order valence-corrected chi connectivity index (χ1v) is 9.79. The standard InChI is InChI=1S/C22H23N5O3/c1-14(28)25-15-9-10-20(30-2)18(12-15)26-22(29)19-8-5-11-27(19)21-16-6-3-4-7-17(16)23-13-24-21/h3-4,6-7,9-10,12-13,19H,5,8,11H2,1-2H3,(H,25,28)(H,26,29)/t19-/m0/s1. The predicted molar refractivity (Wildman–Crippen MR) is 116 cm³/mol. The van der Waals surface area contributed by atoms with Gasteiger partial charge in [-0.05, 0) is 43.2 Å². The van der Waals surface area contributed by atoms with Gasteiger partial charge in [-0.25, -0.2) is 9.97 Å². The fourth-order valence-electron chi connectivity index (χ4n) is 3.81. The van der Waals surface area contributed by atoms with Crippen LogP contribution in [-0.2, 0) is 9.59 Å². The highest BCUT2D eigenvalue weighted by atomic mass is 16.5. The van der Waals surface area contributed by atoms with E-state index in [2.05, 4.69) is 20.6 Å². The summed E-state index contributed by atoms with van der Waals surface area (Å²) in [7, 11) is 1.54. The number of ether oxygens (including phenoxy) is 1. The molecule has 0 saturated carbocycles. The predicted octanol–water partition coefficient (Wildman–Crippen LogP) is 3.20. The number of carbonyl (C=O) groups is 2. The van der Waals surface area contributed by atoms with E-state index in [9.17, 15) is 9.59 Å². The quantitative estimate of drug-likeness (QED) is 0.677. The fourth-order valence-corrected chi connectivity index (χ4v) is 3.81. The van der Waals surface area contributed by atoms with Crippen LogP contribution in [0.4, 0.5) is 17.2 Å². The van der Waals surface area contributed by atoms with E-state index in [4.69, 9.17) is 4.74 Å². The van der Waals surface area contributed by atoms with E-state index in [1.165, 1.54) is 20.4 Å². The lowest BCUT2D eigenvalue weighted by molar-refractivity contribution is -0.117. The van der Waals surface area contributed by atoms with Crippen LogP contribution in [0.2, 0.25) is 0 Å². The molecule has 0 radical (unpaired) electrons. The van der Waals surface area contributed by atoms with E-state index in [-0.39, 0.29) is 17.9 Å². The van der Waals surface area contributed by atoms with Gasteiger partial charge in [0.1, 0.15) is 23.9 Å². The summed E-state index contributed by atoms with van der Waals surface area (Å²) in [5.74, 6) is 0.954. The Bertz CT molecular complexity index is 1100. The first-order valence-electron chi connectivity index (χ1n) is 9.79. The number of amides is 2. The molecule has 2 heterocycles. The number of hydrogen-bond donors (Lipinski definition) is 2. The Labute approximate surface area is 174 Å². The number of hydrogen-bond acceptors (Lipinski definition) is 6. The average molecular weight is 405 g/mol. The van der Waals surface area contributed by atoms with Crippen molar-refractivity contribution in [2.24, 2.45) is 0 Å². The highest BCUT2D eigenvalue weighted by Crippen LogP contribution is 2.32. The van der Waals surface area contributed by atoms with Crippen molar-refractivity contribution in [2.45, 2.75) is 25.8 Å². The van der Waals surface area contributed by atoms with Crippen LogP contribution in [0.15, 0.2) is 48.8 Å². The zero-order chi connectivity index (χ0) is 21.1. The molecule has 0 spiro atoms. The van der Waals surface area contributed by atoms with Crippen molar-refractivity contribution in [1.29, 1.82) is 0 Å². The maximum atomic E-state index is 13.2. The summed E-state index contributed by atoms with van der Waals surface area (Å²) in [4.78, 5) is 35.4. The molecule has 0 aliphatic carbocycles. The number of fused-ring (bicyclic) bond motifs is 1. The molecule has 2 N–H and O–H groups in total. The third-order valence-electron chi connectivity index (χ3n) is 5.13. The Morgan fingerprint density at radius 3 is 2.77 bits per heavy atom. The summed E-state index contributed by atoms with van der Waals surface area (Å²) in [6, 6.07) is 12.5. The van der Waals surface area contributed by atoms with E-state index in [1.54, 1.807) is 18.2 Å². The maximum absolute atomic E-state index is 13.2. The van der Waals surface area contributed by atoms with Gasteiger partial charge in [0.05, 0.1) is 18.3 Å². The second kappa shape index (κ2) is 8.36. The lowest BCUT2D eigenvalue weighted by Gasteiger charge is -2.26. The number of rotatable bonds is 5. The zero-order valence-electron chi connectivity index (χ0n) is 16.9. The lowest BCUT2D eigenvalue weighted by Crippen LogP contribution is -2.40. The van der Waals surface area contributed by atoms with E-state index >= 15 is 0 Å². The number of para-hydroxylation sites is 1. The Balaban J connectivity index is 1.61. The summed E-state index contributed by atoms with van der Waals surface area (Å²) >= 11 is 0. The SMILES string of the molecule is COc1ccc(NC(C)=O)cc1NC(=O)[C@@H]1CCCN1c1ncnc2ccccc12. The number of carbonyl (C=O) groups excluding carboxylic acids is 2. The zero-order valence-corrected chi connectivity index (χ0v) is 16.9. The van der Waals surface area contributed by atoms with Crippen LogP contribution >= 0.6 is 0 Å². The van der Waals surface area contributed by atoms with Gasteiger partial charge in [0.25, 0.3) is 0 Å².